The van der Waals surface area contributed by atoms with Crippen LogP contribution in [0.15, 0.2) is 42.9 Å². The smallest absolute Gasteiger partial charge is 0.147 e. The maximum atomic E-state index is 9.32. The lowest BCUT2D eigenvalue weighted by Crippen LogP contribution is -2.06. The Morgan fingerprint density at radius 2 is 2.00 bits per heavy atom. The maximum Gasteiger partial charge on any atom is 0.147 e. The van der Waals surface area contributed by atoms with Gasteiger partial charge in [0.25, 0.3) is 0 Å². The number of benzene rings is 1. The van der Waals surface area contributed by atoms with E-state index in [1.165, 1.54) is 0 Å². The molecule has 0 amide bonds. The molecule has 0 saturated heterocycles. The number of aromatic nitrogens is 2. The van der Waals surface area contributed by atoms with Gasteiger partial charge in [0.15, 0.2) is 0 Å². The van der Waals surface area contributed by atoms with E-state index in [0.29, 0.717) is 10.2 Å². The predicted octanol–water partition coefficient (Wildman–Crippen LogP) is 3.01. The average molecular weight is 282 g/mol. The summed E-state index contributed by atoms with van der Waals surface area (Å²) >= 11 is 5.13. The van der Waals surface area contributed by atoms with Crippen LogP contribution in [0.4, 0.5) is 0 Å². The molecule has 0 atom stereocenters. The second kappa shape index (κ2) is 6.13. The monoisotopic (exact) mass is 282 g/mol. The van der Waals surface area contributed by atoms with E-state index in [4.69, 9.17) is 12.2 Å². The van der Waals surface area contributed by atoms with Crippen LogP contribution < -0.4 is 0 Å². The zero-order valence-corrected chi connectivity index (χ0v) is 12.1. The Morgan fingerprint density at radius 3 is 2.60 bits per heavy atom. The van der Waals surface area contributed by atoms with Crippen molar-refractivity contribution in [1.82, 2.24) is 14.5 Å². The van der Waals surface area contributed by atoms with Gasteiger partial charge in [-0.2, -0.15) is 5.26 Å². The Morgan fingerprint density at radius 1 is 1.30 bits per heavy atom. The Hall–Kier alpha value is -2.45. The Kier molecular flexibility index (Phi) is 4.28. The zero-order chi connectivity index (χ0) is 14.5. The van der Waals surface area contributed by atoms with Gasteiger partial charge in [0.2, 0.25) is 0 Å². The van der Waals surface area contributed by atoms with Crippen molar-refractivity contribution < 1.29 is 0 Å². The minimum atomic E-state index is 0.318. The first kappa shape index (κ1) is 14.0. The Balaban J connectivity index is 2.70. The minimum Gasteiger partial charge on any atom is -0.383 e. The summed E-state index contributed by atoms with van der Waals surface area (Å²) in [4.78, 5) is 6.02. The van der Waals surface area contributed by atoms with Crippen molar-refractivity contribution in [3.05, 3.63) is 58.8 Å². The highest BCUT2D eigenvalue weighted by Gasteiger charge is 2.08. The molecule has 0 unspecified atom stereocenters. The number of nitrogens with zero attached hydrogens (tertiary/aromatic N) is 4. The molecule has 0 aliphatic rings. The number of rotatable bonds is 3. The lowest BCUT2D eigenvalue weighted by molar-refractivity contribution is 0.567. The van der Waals surface area contributed by atoms with E-state index in [2.05, 4.69) is 11.1 Å². The van der Waals surface area contributed by atoms with E-state index in [1.54, 1.807) is 6.33 Å². The van der Waals surface area contributed by atoms with Gasteiger partial charge in [-0.15, -0.1) is 0 Å². The maximum absolute atomic E-state index is 9.32. The molecule has 0 saturated carbocycles. The lowest BCUT2D eigenvalue weighted by atomic mass is 10.2. The summed E-state index contributed by atoms with van der Waals surface area (Å²) in [6, 6.07) is 11.9. The third kappa shape index (κ3) is 2.92. The largest absolute Gasteiger partial charge is 0.383 e. The second-order valence-corrected chi connectivity index (χ2v) is 4.79. The molecule has 2 aromatic rings. The molecule has 0 fully saturated rings. The summed E-state index contributed by atoms with van der Waals surface area (Å²) < 4.78 is 2.17. The van der Waals surface area contributed by atoms with E-state index in [1.807, 2.05) is 66.2 Å². The molecule has 2 rings (SSSR count). The van der Waals surface area contributed by atoms with Crippen molar-refractivity contribution >= 4 is 18.3 Å². The van der Waals surface area contributed by atoms with Crippen molar-refractivity contribution in [2.24, 2.45) is 0 Å². The molecule has 1 aromatic carbocycles. The fraction of sp³-hybridized carbons (Fsp3) is 0.133. The number of para-hydroxylation sites is 1. The zero-order valence-electron chi connectivity index (χ0n) is 11.3. The quantitative estimate of drug-likeness (QED) is 0.812. The molecule has 0 radical (unpaired) electrons. The highest BCUT2D eigenvalue weighted by molar-refractivity contribution is 7.71. The van der Waals surface area contributed by atoms with Gasteiger partial charge in [0.1, 0.15) is 22.6 Å². The van der Waals surface area contributed by atoms with Crippen LogP contribution in [-0.4, -0.2) is 28.5 Å². The highest BCUT2D eigenvalue weighted by atomic mass is 32.1. The van der Waals surface area contributed by atoms with E-state index >= 15 is 0 Å². The molecular formula is C15H14N4S. The van der Waals surface area contributed by atoms with Crippen LogP contribution in [0.3, 0.4) is 0 Å². The fourth-order valence-electron chi connectivity index (χ4n) is 1.75. The lowest BCUT2D eigenvalue weighted by Gasteiger charge is -2.12. The molecule has 100 valence electrons. The van der Waals surface area contributed by atoms with Gasteiger partial charge in [-0.25, -0.2) is 4.98 Å². The third-order valence-corrected chi connectivity index (χ3v) is 3.01. The van der Waals surface area contributed by atoms with E-state index in [-0.39, 0.29) is 0 Å². The summed E-state index contributed by atoms with van der Waals surface area (Å²) in [6.07, 6.45) is 5.39. The van der Waals surface area contributed by atoms with Crippen LogP contribution in [-0.2, 0) is 0 Å². The first-order valence-electron chi connectivity index (χ1n) is 6.05. The van der Waals surface area contributed by atoms with Gasteiger partial charge in [-0.3, -0.25) is 4.57 Å². The molecule has 1 aromatic heterocycles. The SMILES string of the molecule is CN(C)/C=C/c1c(C#N)c(=S)ncn1-c1ccccc1. The Labute approximate surface area is 123 Å². The van der Waals surface area contributed by atoms with E-state index in [0.717, 1.165) is 11.4 Å². The van der Waals surface area contributed by atoms with E-state index < -0.39 is 0 Å². The minimum absolute atomic E-state index is 0.318. The Bertz CT molecular complexity index is 724. The van der Waals surface area contributed by atoms with Crippen LogP contribution >= 0.6 is 12.2 Å². The topological polar surface area (TPSA) is 44.9 Å². The normalized spacial score (nSPS) is 10.4. The molecule has 20 heavy (non-hydrogen) atoms. The van der Waals surface area contributed by atoms with Crippen LogP contribution in [0.5, 0.6) is 0 Å². The molecule has 0 aliphatic heterocycles. The van der Waals surface area contributed by atoms with Crippen molar-refractivity contribution in [2.75, 3.05) is 14.1 Å². The van der Waals surface area contributed by atoms with Gasteiger partial charge < -0.3 is 4.90 Å². The van der Waals surface area contributed by atoms with Gasteiger partial charge in [0, 0.05) is 26.0 Å². The summed E-state index contributed by atoms with van der Waals surface area (Å²) in [5.74, 6) is 0. The molecular weight excluding hydrogens is 268 g/mol. The van der Waals surface area contributed by atoms with Crippen LogP contribution in [0.25, 0.3) is 11.8 Å². The summed E-state index contributed by atoms with van der Waals surface area (Å²) in [5, 5.41) is 9.32. The highest BCUT2D eigenvalue weighted by Crippen LogP contribution is 2.16. The molecule has 5 heteroatoms. The van der Waals surface area contributed by atoms with Gasteiger partial charge in [-0.05, 0) is 18.2 Å². The van der Waals surface area contributed by atoms with Crippen molar-refractivity contribution in [3.8, 4) is 11.8 Å². The number of hydrogen-bond donors (Lipinski definition) is 0. The summed E-state index contributed by atoms with van der Waals surface area (Å²) in [6.45, 7) is 0. The van der Waals surface area contributed by atoms with Crippen molar-refractivity contribution in [3.63, 3.8) is 0 Å². The van der Waals surface area contributed by atoms with Crippen LogP contribution in [0, 0.1) is 16.0 Å². The first-order chi connectivity index (χ1) is 9.63. The molecule has 0 bridgehead atoms. The standard InChI is InChI=1S/C15H14N4S/c1-18(2)9-8-14-13(10-16)15(20)17-11-19(14)12-6-4-3-5-7-12/h3-9,11H,1-2H3/b9-8+. The number of hydrogen-bond acceptors (Lipinski definition) is 4. The summed E-state index contributed by atoms with van der Waals surface area (Å²) in [5.41, 5.74) is 2.07. The first-order valence-corrected chi connectivity index (χ1v) is 6.46. The average Bonchev–Trinajstić information content (AvgIpc) is 2.46. The van der Waals surface area contributed by atoms with Gasteiger partial charge >= 0.3 is 0 Å². The van der Waals surface area contributed by atoms with Crippen LogP contribution in [0.2, 0.25) is 0 Å². The van der Waals surface area contributed by atoms with Gasteiger partial charge in [0.05, 0.1) is 5.69 Å². The fourth-order valence-corrected chi connectivity index (χ4v) is 1.95. The number of nitriles is 1. The molecule has 4 nitrogen and oxygen atoms in total. The second-order valence-electron chi connectivity index (χ2n) is 4.41. The summed E-state index contributed by atoms with van der Waals surface area (Å²) in [7, 11) is 3.84. The third-order valence-electron chi connectivity index (χ3n) is 2.70. The van der Waals surface area contributed by atoms with Gasteiger partial charge in [-0.1, -0.05) is 30.4 Å². The van der Waals surface area contributed by atoms with Crippen molar-refractivity contribution in [2.45, 2.75) is 0 Å². The van der Waals surface area contributed by atoms with Crippen LogP contribution in [0.1, 0.15) is 11.3 Å². The molecule has 0 N–H and O–H groups in total. The molecule has 0 spiro atoms. The predicted molar refractivity (Wildman–Crippen MR) is 81.8 cm³/mol. The van der Waals surface area contributed by atoms with E-state index in [9.17, 15) is 5.26 Å². The van der Waals surface area contributed by atoms with Crippen molar-refractivity contribution in [1.29, 1.82) is 5.26 Å². The molecule has 1 heterocycles. The molecule has 0 aliphatic carbocycles.